The van der Waals surface area contributed by atoms with Crippen molar-refractivity contribution in [3.8, 4) is 0 Å². The summed E-state index contributed by atoms with van der Waals surface area (Å²) in [5.74, 6) is -0.982. The van der Waals surface area contributed by atoms with Crippen molar-refractivity contribution in [2.24, 2.45) is 4.99 Å². The Kier molecular flexibility index (Phi) is 9.16. The molecule has 0 saturated carbocycles. The van der Waals surface area contributed by atoms with Gasteiger partial charge in [0.05, 0.1) is 17.3 Å². The molecule has 5 aromatic rings. The van der Waals surface area contributed by atoms with Gasteiger partial charge in [-0.1, -0.05) is 91.0 Å². The van der Waals surface area contributed by atoms with Crippen LogP contribution in [0.5, 0.6) is 0 Å². The van der Waals surface area contributed by atoms with Crippen molar-refractivity contribution in [3.05, 3.63) is 125 Å². The summed E-state index contributed by atoms with van der Waals surface area (Å²) >= 11 is 0. The van der Waals surface area contributed by atoms with Crippen molar-refractivity contribution in [2.75, 3.05) is 6.54 Å². The minimum absolute atomic E-state index is 0.112. The first-order chi connectivity index (χ1) is 18.5. The largest absolute Gasteiger partial charge is 0.481 e. The summed E-state index contributed by atoms with van der Waals surface area (Å²) in [6.07, 6.45) is 1.12. The first-order valence-corrected chi connectivity index (χ1v) is 12.6. The number of fused-ring (bicyclic) bond motifs is 3. The molecule has 0 fully saturated rings. The topological polar surface area (TPSA) is 94.5 Å². The maximum Gasteiger partial charge on any atom is 0.307 e. The van der Waals surface area contributed by atoms with Crippen LogP contribution in [0, 0.1) is 0 Å². The zero-order valence-electron chi connectivity index (χ0n) is 21.4. The number of para-hydroxylation sites is 1. The quantitative estimate of drug-likeness (QED) is 0.258. The Bertz CT molecular complexity index is 1590. The molecule has 1 aromatic heterocycles. The van der Waals surface area contributed by atoms with E-state index >= 15 is 0 Å². The van der Waals surface area contributed by atoms with E-state index in [1.807, 2.05) is 42.5 Å². The maximum atomic E-state index is 11.3. The second kappa shape index (κ2) is 13.1. The highest BCUT2D eigenvalue weighted by atomic mass is 16.4. The van der Waals surface area contributed by atoms with Gasteiger partial charge in [-0.3, -0.25) is 9.59 Å². The van der Waals surface area contributed by atoms with Gasteiger partial charge in [-0.05, 0) is 41.8 Å². The van der Waals surface area contributed by atoms with E-state index in [4.69, 9.17) is 5.11 Å². The smallest absolute Gasteiger partial charge is 0.307 e. The standard InChI is InChI=1S/C24H23N3O.C8H8O2/c1-17(28)26-20-10-6-11-21-22-12-5-9-19(24(22)27-23(21)15-20)16-25-14-13-18-7-3-2-4-8-18;9-8(10)6-7-4-2-1-3-5-7/h2-12,15,25,27H,13-14,16H2,1H3;1-5H,6H2,(H,9,10). The van der Waals surface area contributed by atoms with Crippen molar-refractivity contribution < 1.29 is 14.7 Å². The highest BCUT2D eigenvalue weighted by molar-refractivity contribution is 6.07. The summed E-state index contributed by atoms with van der Waals surface area (Å²) in [6, 6.07) is 33.8. The molecule has 0 unspecified atom stereocenters. The molecule has 0 saturated heterocycles. The first-order valence-electron chi connectivity index (χ1n) is 12.6. The third kappa shape index (κ3) is 7.48. The lowest BCUT2D eigenvalue weighted by Crippen LogP contribution is -2.16. The van der Waals surface area contributed by atoms with E-state index in [0.717, 1.165) is 41.5 Å². The average molecular weight is 506 g/mol. The van der Waals surface area contributed by atoms with Gasteiger partial charge in [0, 0.05) is 29.8 Å². The first kappa shape index (κ1) is 26.5. The van der Waals surface area contributed by atoms with E-state index in [2.05, 4.69) is 63.8 Å². The number of carboxylic acids is 1. The lowest BCUT2D eigenvalue weighted by Gasteiger charge is -2.06. The zero-order valence-corrected chi connectivity index (χ0v) is 21.4. The Morgan fingerprint density at radius 2 is 1.47 bits per heavy atom. The Morgan fingerprint density at radius 1 is 0.816 bits per heavy atom. The van der Waals surface area contributed by atoms with E-state index in [-0.39, 0.29) is 12.3 Å². The van der Waals surface area contributed by atoms with Crippen LogP contribution in [0.3, 0.4) is 0 Å². The van der Waals surface area contributed by atoms with Gasteiger partial charge >= 0.3 is 5.97 Å². The summed E-state index contributed by atoms with van der Waals surface area (Å²) < 4.78 is 0. The third-order valence-electron chi connectivity index (χ3n) is 6.05. The van der Waals surface area contributed by atoms with Crippen molar-refractivity contribution in [1.29, 1.82) is 0 Å². The second-order valence-electron chi connectivity index (χ2n) is 8.99. The second-order valence-corrected chi connectivity index (χ2v) is 8.99. The fraction of sp³-hybridized carbons (Fsp3) is 0.156. The lowest BCUT2D eigenvalue weighted by molar-refractivity contribution is -0.136. The normalized spacial score (nSPS) is 11.2. The van der Waals surface area contributed by atoms with Gasteiger partial charge in [0.1, 0.15) is 0 Å². The molecule has 0 aliphatic carbocycles. The van der Waals surface area contributed by atoms with Gasteiger partial charge in [0.2, 0.25) is 5.91 Å². The number of H-pyrrole nitrogens is 1. The predicted molar refractivity (Wildman–Crippen MR) is 152 cm³/mol. The van der Waals surface area contributed by atoms with Crippen molar-refractivity contribution >= 4 is 33.7 Å². The van der Waals surface area contributed by atoms with Crippen LogP contribution in [-0.4, -0.2) is 28.5 Å². The number of hydrogen-bond donors (Lipinski definition) is 3. The molecule has 1 heterocycles. The summed E-state index contributed by atoms with van der Waals surface area (Å²) in [5, 5.41) is 14.9. The molecular formula is C32H31N3O3. The van der Waals surface area contributed by atoms with E-state index in [1.165, 1.54) is 23.4 Å². The zero-order chi connectivity index (χ0) is 26.7. The molecule has 192 valence electrons. The summed E-state index contributed by atoms with van der Waals surface area (Å²) in [4.78, 5) is 29.1. The van der Waals surface area contributed by atoms with Gasteiger partial charge in [-0.2, -0.15) is 0 Å². The van der Waals surface area contributed by atoms with Crippen LogP contribution < -0.4 is 10.7 Å². The van der Waals surface area contributed by atoms with Gasteiger partial charge < -0.3 is 15.4 Å². The summed E-state index contributed by atoms with van der Waals surface area (Å²) in [6.45, 7) is 3.19. The predicted octanol–water partition coefficient (Wildman–Crippen LogP) is 5.41. The molecule has 0 spiro atoms. The molecule has 4 aromatic carbocycles. The Labute approximate surface area is 221 Å². The number of aromatic amines is 1. The van der Waals surface area contributed by atoms with Gasteiger partial charge in [-0.25, -0.2) is 4.99 Å². The monoisotopic (exact) mass is 505 g/mol. The Balaban J connectivity index is 0.000000283. The highest BCUT2D eigenvalue weighted by Gasteiger charge is 2.07. The number of benzene rings is 3. The Hall–Kier alpha value is -4.55. The number of nitrogens with zero attached hydrogens (tertiary/aromatic N) is 1. The number of aromatic nitrogens is 1. The number of rotatable bonds is 7. The minimum Gasteiger partial charge on any atom is -0.481 e. The number of aliphatic carboxylic acids is 1. The molecule has 0 aliphatic rings. The Morgan fingerprint density at radius 3 is 2.16 bits per heavy atom. The fourth-order valence-electron chi connectivity index (χ4n) is 4.32. The van der Waals surface area contributed by atoms with Crippen molar-refractivity contribution in [3.63, 3.8) is 0 Å². The SMILES string of the molecule is CC(=O)N=c1cccc2c(c1)[nH]c1c(CNCCc3ccccc3)cccc12.O=C(O)Cc1ccccc1. The van der Waals surface area contributed by atoms with Crippen LogP contribution in [0.2, 0.25) is 0 Å². The molecule has 6 heteroatoms. The number of carboxylic acid groups (broad SMARTS) is 1. The highest BCUT2D eigenvalue weighted by Crippen LogP contribution is 2.26. The molecular weight excluding hydrogens is 474 g/mol. The van der Waals surface area contributed by atoms with E-state index in [1.54, 1.807) is 12.1 Å². The average Bonchev–Trinajstić information content (AvgIpc) is 3.13. The molecule has 0 atom stereocenters. The summed E-state index contributed by atoms with van der Waals surface area (Å²) in [7, 11) is 0. The molecule has 0 bridgehead atoms. The van der Waals surface area contributed by atoms with Gasteiger partial charge in [-0.15, -0.1) is 0 Å². The maximum absolute atomic E-state index is 11.3. The fourth-order valence-corrected chi connectivity index (χ4v) is 4.32. The number of carbonyl (C=O) groups excluding carboxylic acids is 1. The van der Waals surface area contributed by atoms with E-state index < -0.39 is 5.97 Å². The molecule has 6 nitrogen and oxygen atoms in total. The molecule has 5 rings (SSSR count). The lowest BCUT2D eigenvalue weighted by atomic mass is 10.1. The molecule has 1 amide bonds. The number of hydrogen-bond acceptors (Lipinski definition) is 3. The van der Waals surface area contributed by atoms with Crippen molar-refractivity contribution in [2.45, 2.75) is 26.3 Å². The van der Waals surface area contributed by atoms with Crippen LogP contribution >= 0.6 is 0 Å². The summed E-state index contributed by atoms with van der Waals surface area (Å²) in [5.41, 5.74) is 5.53. The molecule has 3 N–H and O–H groups in total. The number of carbonyl (C=O) groups is 2. The molecule has 38 heavy (non-hydrogen) atoms. The van der Waals surface area contributed by atoms with Gasteiger partial charge in [0.15, 0.2) is 0 Å². The third-order valence-corrected chi connectivity index (χ3v) is 6.05. The van der Waals surface area contributed by atoms with E-state index in [9.17, 15) is 9.59 Å². The van der Waals surface area contributed by atoms with Crippen molar-refractivity contribution in [1.82, 2.24) is 10.3 Å². The van der Waals surface area contributed by atoms with Crippen LogP contribution in [0.4, 0.5) is 0 Å². The van der Waals surface area contributed by atoms with E-state index in [0.29, 0.717) is 5.36 Å². The van der Waals surface area contributed by atoms with Gasteiger partial charge in [0.25, 0.3) is 0 Å². The van der Waals surface area contributed by atoms with Crippen LogP contribution in [-0.2, 0) is 29.0 Å². The minimum atomic E-state index is -0.786. The molecule has 0 radical (unpaired) electrons. The number of amides is 1. The van der Waals surface area contributed by atoms with Crippen LogP contribution in [0.25, 0.3) is 21.8 Å². The van der Waals surface area contributed by atoms with Crippen LogP contribution in [0.15, 0.2) is 108 Å². The van der Waals surface area contributed by atoms with Crippen LogP contribution in [0.1, 0.15) is 23.6 Å². The number of nitrogens with one attached hydrogen (secondary N) is 2. The molecule has 0 aliphatic heterocycles.